The molecule has 3 rings (SSSR count). The zero-order valence-electron chi connectivity index (χ0n) is 11.9. The summed E-state index contributed by atoms with van der Waals surface area (Å²) in [6.45, 7) is 3.15. The van der Waals surface area contributed by atoms with Gasteiger partial charge in [0.05, 0.1) is 5.69 Å². The molecule has 0 atom stereocenters. The van der Waals surface area contributed by atoms with Crippen molar-refractivity contribution in [1.82, 2.24) is 14.9 Å². The molecule has 0 spiro atoms. The number of nitrogens with one attached hydrogen (secondary N) is 1. The molecule has 0 unspecified atom stereocenters. The maximum Gasteiger partial charge on any atom is 0.127 e. The second kappa shape index (κ2) is 7.00. The number of pyridine rings is 2. The molecule has 3 heterocycles. The van der Waals surface area contributed by atoms with Gasteiger partial charge in [-0.3, -0.25) is 9.88 Å². The highest BCUT2D eigenvalue weighted by atomic mass is 79.9. The monoisotopic (exact) mass is 346 g/mol. The number of halogens is 1. The molecule has 1 aliphatic heterocycles. The van der Waals surface area contributed by atoms with Crippen LogP contribution in [0.25, 0.3) is 0 Å². The van der Waals surface area contributed by atoms with Gasteiger partial charge < -0.3 is 5.32 Å². The van der Waals surface area contributed by atoms with Crippen molar-refractivity contribution in [2.24, 2.45) is 0 Å². The largest absolute Gasteiger partial charge is 0.367 e. The lowest BCUT2D eigenvalue weighted by molar-refractivity contribution is 0.209. The normalized spacial score (nSPS) is 16.8. The third kappa shape index (κ3) is 4.25. The number of piperidine rings is 1. The number of rotatable bonds is 4. The Bertz CT molecular complexity index is 567. The van der Waals surface area contributed by atoms with E-state index in [1.165, 1.54) is 0 Å². The summed E-state index contributed by atoms with van der Waals surface area (Å²) < 4.78 is 1.06. The van der Waals surface area contributed by atoms with Gasteiger partial charge in [0.1, 0.15) is 5.82 Å². The first-order valence-electron chi connectivity index (χ1n) is 7.30. The van der Waals surface area contributed by atoms with E-state index in [4.69, 9.17) is 0 Å². The van der Waals surface area contributed by atoms with E-state index in [0.29, 0.717) is 6.04 Å². The molecule has 0 aromatic carbocycles. The fraction of sp³-hybridized carbons (Fsp3) is 0.375. The van der Waals surface area contributed by atoms with Crippen LogP contribution in [0.5, 0.6) is 0 Å². The molecule has 4 nitrogen and oxygen atoms in total. The number of aromatic nitrogens is 2. The Morgan fingerprint density at radius 1 is 1.14 bits per heavy atom. The van der Waals surface area contributed by atoms with Crippen LogP contribution in [0.15, 0.2) is 47.2 Å². The van der Waals surface area contributed by atoms with Gasteiger partial charge in [0.2, 0.25) is 0 Å². The minimum absolute atomic E-state index is 0.506. The van der Waals surface area contributed by atoms with Crippen molar-refractivity contribution in [2.75, 3.05) is 18.4 Å². The summed E-state index contributed by atoms with van der Waals surface area (Å²) in [5.74, 6) is 0.951. The highest BCUT2D eigenvalue weighted by Gasteiger charge is 2.19. The number of hydrogen-bond donors (Lipinski definition) is 1. The highest BCUT2D eigenvalue weighted by molar-refractivity contribution is 9.10. The molecule has 1 aliphatic rings. The molecule has 5 heteroatoms. The Hall–Kier alpha value is -1.46. The second-order valence-electron chi connectivity index (χ2n) is 5.38. The van der Waals surface area contributed by atoms with E-state index < -0.39 is 0 Å². The molecule has 0 radical (unpaired) electrons. The van der Waals surface area contributed by atoms with Crippen molar-refractivity contribution >= 4 is 21.7 Å². The van der Waals surface area contributed by atoms with Gasteiger partial charge in [-0.1, -0.05) is 22.0 Å². The molecule has 0 amide bonds. The molecule has 0 saturated carbocycles. The van der Waals surface area contributed by atoms with Crippen molar-refractivity contribution in [3.8, 4) is 0 Å². The summed E-state index contributed by atoms with van der Waals surface area (Å²) in [6, 6.07) is 10.6. The number of likely N-dealkylation sites (tertiary alicyclic amines) is 1. The minimum Gasteiger partial charge on any atom is -0.367 e. The van der Waals surface area contributed by atoms with Gasteiger partial charge >= 0.3 is 0 Å². The van der Waals surface area contributed by atoms with Crippen LogP contribution >= 0.6 is 15.9 Å². The topological polar surface area (TPSA) is 41.1 Å². The lowest BCUT2D eigenvalue weighted by Gasteiger charge is -2.32. The van der Waals surface area contributed by atoms with Gasteiger partial charge in [0, 0.05) is 42.5 Å². The average Bonchev–Trinajstić information content (AvgIpc) is 2.50. The maximum atomic E-state index is 4.40. The van der Waals surface area contributed by atoms with Gasteiger partial charge in [0.15, 0.2) is 0 Å². The number of hydrogen-bond acceptors (Lipinski definition) is 4. The van der Waals surface area contributed by atoms with Gasteiger partial charge in [0.25, 0.3) is 0 Å². The van der Waals surface area contributed by atoms with Crippen LogP contribution < -0.4 is 5.32 Å². The first-order chi connectivity index (χ1) is 10.3. The highest BCUT2D eigenvalue weighted by Crippen LogP contribution is 2.18. The van der Waals surface area contributed by atoms with E-state index in [2.05, 4.69) is 48.2 Å². The Kier molecular flexibility index (Phi) is 4.83. The Balaban J connectivity index is 1.49. The molecule has 1 N–H and O–H groups in total. The maximum absolute atomic E-state index is 4.40. The van der Waals surface area contributed by atoms with E-state index in [9.17, 15) is 0 Å². The Labute approximate surface area is 133 Å². The first-order valence-corrected chi connectivity index (χ1v) is 8.09. The quantitative estimate of drug-likeness (QED) is 0.921. The van der Waals surface area contributed by atoms with Crippen LogP contribution in [0.1, 0.15) is 18.5 Å². The molecule has 1 fully saturated rings. The molecular weight excluding hydrogens is 328 g/mol. The summed E-state index contributed by atoms with van der Waals surface area (Å²) in [4.78, 5) is 11.2. The van der Waals surface area contributed by atoms with E-state index in [0.717, 1.165) is 48.5 Å². The lowest BCUT2D eigenvalue weighted by atomic mass is 10.0. The fourth-order valence-corrected chi connectivity index (χ4v) is 2.98. The summed E-state index contributed by atoms with van der Waals surface area (Å²) in [5, 5.41) is 3.52. The number of anilines is 1. The zero-order valence-corrected chi connectivity index (χ0v) is 13.5. The molecule has 1 saturated heterocycles. The van der Waals surface area contributed by atoms with Crippen LogP contribution in [0.3, 0.4) is 0 Å². The molecule has 2 aromatic heterocycles. The van der Waals surface area contributed by atoms with Crippen LogP contribution in [0.4, 0.5) is 5.82 Å². The molecule has 110 valence electrons. The predicted octanol–water partition coefficient (Wildman–Crippen LogP) is 3.32. The van der Waals surface area contributed by atoms with E-state index >= 15 is 0 Å². The third-order valence-corrected chi connectivity index (χ3v) is 4.27. The van der Waals surface area contributed by atoms with Crippen LogP contribution in [0, 0.1) is 0 Å². The summed E-state index contributed by atoms with van der Waals surface area (Å²) in [6.07, 6.45) is 5.97. The van der Waals surface area contributed by atoms with Crippen LogP contribution in [-0.2, 0) is 6.54 Å². The van der Waals surface area contributed by atoms with Crippen molar-refractivity contribution in [1.29, 1.82) is 0 Å². The van der Waals surface area contributed by atoms with Gasteiger partial charge in [-0.2, -0.15) is 0 Å². The Morgan fingerprint density at radius 3 is 2.71 bits per heavy atom. The average molecular weight is 347 g/mol. The molecule has 0 bridgehead atoms. The SMILES string of the molecule is Brc1ccnc(NC2CCN(Cc3ccccn3)CC2)c1. The molecule has 21 heavy (non-hydrogen) atoms. The first kappa shape index (κ1) is 14.5. The Morgan fingerprint density at radius 2 is 2.00 bits per heavy atom. The van der Waals surface area contributed by atoms with Crippen LogP contribution in [-0.4, -0.2) is 34.0 Å². The lowest BCUT2D eigenvalue weighted by Crippen LogP contribution is -2.38. The standard InChI is InChI=1S/C16H19BrN4/c17-13-4-8-19-16(11-13)20-14-5-9-21(10-6-14)12-15-3-1-2-7-18-15/h1-4,7-8,11,14H,5-6,9-10,12H2,(H,19,20). The summed E-state index contributed by atoms with van der Waals surface area (Å²) in [5.41, 5.74) is 1.15. The summed E-state index contributed by atoms with van der Waals surface area (Å²) in [7, 11) is 0. The van der Waals surface area contributed by atoms with E-state index in [-0.39, 0.29) is 0 Å². The van der Waals surface area contributed by atoms with Crippen molar-refractivity contribution in [3.63, 3.8) is 0 Å². The van der Waals surface area contributed by atoms with Gasteiger partial charge in [-0.25, -0.2) is 4.98 Å². The predicted molar refractivity (Wildman–Crippen MR) is 88.1 cm³/mol. The van der Waals surface area contributed by atoms with Gasteiger partial charge in [-0.05, 0) is 37.1 Å². The number of nitrogens with zero attached hydrogens (tertiary/aromatic N) is 3. The van der Waals surface area contributed by atoms with Gasteiger partial charge in [-0.15, -0.1) is 0 Å². The third-order valence-electron chi connectivity index (χ3n) is 3.77. The van der Waals surface area contributed by atoms with E-state index in [1.807, 2.05) is 30.6 Å². The molecule has 0 aliphatic carbocycles. The summed E-state index contributed by atoms with van der Waals surface area (Å²) >= 11 is 3.48. The minimum atomic E-state index is 0.506. The van der Waals surface area contributed by atoms with E-state index in [1.54, 1.807) is 0 Å². The molecule has 2 aromatic rings. The second-order valence-corrected chi connectivity index (χ2v) is 6.29. The zero-order chi connectivity index (χ0) is 14.5. The fourth-order valence-electron chi connectivity index (χ4n) is 2.65. The molecular formula is C16H19BrN4. The van der Waals surface area contributed by atoms with Crippen molar-refractivity contribution in [2.45, 2.75) is 25.4 Å². The van der Waals surface area contributed by atoms with Crippen molar-refractivity contribution in [3.05, 3.63) is 52.9 Å². The van der Waals surface area contributed by atoms with Crippen molar-refractivity contribution < 1.29 is 0 Å². The smallest absolute Gasteiger partial charge is 0.127 e. The van der Waals surface area contributed by atoms with Crippen LogP contribution in [0.2, 0.25) is 0 Å².